The lowest BCUT2D eigenvalue weighted by atomic mass is 10.2. The molecule has 0 bridgehead atoms. The molecule has 3 rings (SSSR count). The summed E-state index contributed by atoms with van der Waals surface area (Å²) in [7, 11) is 0. The molecule has 0 spiro atoms. The van der Waals surface area contributed by atoms with Crippen molar-refractivity contribution in [2.45, 2.75) is 26.2 Å². The molecule has 1 aromatic heterocycles. The maximum absolute atomic E-state index is 13.0. The van der Waals surface area contributed by atoms with Crippen molar-refractivity contribution in [2.75, 3.05) is 6.61 Å². The Morgan fingerprint density at radius 3 is 2.90 bits per heavy atom. The molecule has 2 aromatic carbocycles. The van der Waals surface area contributed by atoms with Gasteiger partial charge in [0.15, 0.2) is 6.61 Å². The van der Waals surface area contributed by atoms with E-state index >= 15 is 0 Å². The Labute approximate surface area is 181 Å². The average molecular weight is 474 g/mol. The highest BCUT2D eigenvalue weighted by molar-refractivity contribution is 9.10. The number of aryl methyl sites for hydroxylation is 1. The van der Waals surface area contributed by atoms with Crippen LogP contribution in [0.4, 0.5) is 0 Å². The predicted molar refractivity (Wildman–Crippen MR) is 118 cm³/mol. The highest BCUT2D eigenvalue weighted by atomic mass is 79.9. The van der Waals surface area contributed by atoms with Crippen LogP contribution in [0.3, 0.4) is 0 Å². The summed E-state index contributed by atoms with van der Waals surface area (Å²) in [6.45, 7) is 2.00. The average Bonchev–Trinajstić information content (AvgIpc) is 2.71. The molecular formula is C21H18BrClN4O2. The Kier molecular flexibility index (Phi) is 7.02. The van der Waals surface area contributed by atoms with Crippen molar-refractivity contribution in [1.82, 2.24) is 9.66 Å². The first-order valence-corrected chi connectivity index (χ1v) is 10.3. The second-order valence-electron chi connectivity index (χ2n) is 6.29. The number of nitriles is 1. The molecule has 0 unspecified atom stereocenters. The predicted octanol–water partition coefficient (Wildman–Crippen LogP) is 4.94. The summed E-state index contributed by atoms with van der Waals surface area (Å²) < 4.78 is 7.39. The summed E-state index contributed by atoms with van der Waals surface area (Å²) in [6.07, 6.45) is 4.09. The number of aromatic nitrogens is 2. The Morgan fingerprint density at radius 1 is 1.34 bits per heavy atom. The topological polar surface area (TPSA) is 80.3 Å². The third-order valence-corrected chi connectivity index (χ3v) is 4.99. The highest BCUT2D eigenvalue weighted by Gasteiger charge is 2.11. The third kappa shape index (κ3) is 5.03. The molecule has 0 aliphatic carbocycles. The van der Waals surface area contributed by atoms with Crippen molar-refractivity contribution in [3.8, 4) is 11.8 Å². The monoisotopic (exact) mass is 472 g/mol. The van der Waals surface area contributed by atoms with Crippen LogP contribution >= 0.6 is 27.5 Å². The summed E-state index contributed by atoms with van der Waals surface area (Å²) >= 11 is 9.59. The maximum atomic E-state index is 13.0. The Balaban J connectivity index is 2.01. The number of unbranched alkanes of at least 4 members (excludes halogenated alkanes) is 1. The normalized spacial score (nSPS) is 11.1. The zero-order valence-corrected chi connectivity index (χ0v) is 18.1. The van der Waals surface area contributed by atoms with Gasteiger partial charge in [0.05, 0.1) is 22.1 Å². The van der Waals surface area contributed by atoms with Crippen LogP contribution in [-0.4, -0.2) is 22.5 Å². The summed E-state index contributed by atoms with van der Waals surface area (Å²) in [5, 5.41) is 13.9. The molecule has 6 nitrogen and oxygen atoms in total. The molecule has 0 atom stereocenters. The number of hydrogen-bond donors (Lipinski definition) is 0. The summed E-state index contributed by atoms with van der Waals surface area (Å²) in [5.41, 5.74) is 1.12. The van der Waals surface area contributed by atoms with Gasteiger partial charge in [-0.1, -0.05) is 40.9 Å². The fourth-order valence-electron chi connectivity index (χ4n) is 2.76. The number of nitrogens with zero attached hydrogens (tertiary/aromatic N) is 4. The van der Waals surface area contributed by atoms with E-state index in [4.69, 9.17) is 21.6 Å². The van der Waals surface area contributed by atoms with E-state index in [0.717, 1.165) is 17.3 Å². The van der Waals surface area contributed by atoms with Crippen molar-refractivity contribution in [2.24, 2.45) is 5.10 Å². The second-order valence-corrected chi connectivity index (χ2v) is 7.61. The molecule has 0 aliphatic rings. The van der Waals surface area contributed by atoms with Crippen molar-refractivity contribution in [1.29, 1.82) is 5.26 Å². The lowest BCUT2D eigenvalue weighted by molar-refractivity contribution is 0.368. The minimum absolute atomic E-state index is 0.0817. The van der Waals surface area contributed by atoms with Gasteiger partial charge in [-0.25, -0.2) is 4.98 Å². The van der Waals surface area contributed by atoms with Crippen molar-refractivity contribution in [3.63, 3.8) is 0 Å². The molecule has 3 aromatic rings. The lowest BCUT2D eigenvalue weighted by Gasteiger charge is -2.09. The Hall–Kier alpha value is -2.69. The van der Waals surface area contributed by atoms with E-state index in [1.165, 1.54) is 4.68 Å². The second kappa shape index (κ2) is 9.68. The van der Waals surface area contributed by atoms with E-state index in [-0.39, 0.29) is 12.2 Å². The molecule has 0 amide bonds. The molecule has 0 aliphatic heterocycles. The maximum Gasteiger partial charge on any atom is 0.282 e. The van der Waals surface area contributed by atoms with E-state index in [0.29, 0.717) is 39.5 Å². The van der Waals surface area contributed by atoms with Crippen LogP contribution < -0.4 is 10.3 Å². The number of ether oxygens (including phenoxy) is 1. The van der Waals surface area contributed by atoms with E-state index in [2.05, 4.69) is 32.9 Å². The summed E-state index contributed by atoms with van der Waals surface area (Å²) in [4.78, 5) is 17.7. The van der Waals surface area contributed by atoms with Crippen LogP contribution in [0.15, 0.2) is 50.8 Å². The van der Waals surface area contributed by atoms with Crippen LogP contribution in [0.5, 0.6) is 5.75 Å². The molecular weight excluding hydrogens is 456 g/mol. The summed E-state index contributed by atoms with van der Waals surface area (Å²) in [5.74, 6) is 1.03. The largest absolute Gasteiger partial charge is 0.477 e. The van der Waals surface area contributed by atoms with Gasteiger partial charge in [0.1, 0.15) is 17.6 Å². The van der Waals surface area contributed by atoms with Crippen LogP contribution in [-0.2, 0) is 6.42 Å². The van der Waals surface area contributed by atoms with Gasteiger partial charge >= 0.3 is 0 Å². The molecule has 0 radical (unpaired) electrons. The molecule has 0 fully saturated rings. The van der Waals surface area contributed by atoms with E-state index < -0.39 is 0 Å². The molecule has 0 saturated carbocycles. The number of halogens is 2. The first kappa shape index (κ1) is 21.0. The Bertz CT molecular complexity index is 1170. The van der Waals surface area contributed by atoms with E-state index in [1.54, 1.807) is 30.5 Å². The minimum Gasteiger partial charge on any atom is -0.477 e. The number of benzene rings is 2. The van der Waals surface area contributed by atoms with Crippen molar-refractivity contribution in [3.05, 3.63) is 67.6 Å². The number of fused-ring (bicyclic) bond motifs is 1. The lowest BCUT2D eigenvalue weighted by Crippen LogP contribution is -2.22. The molecule has 1 heterocycles. The van der Waals surface area contributed by atoms with Crippen LogP contribution in [0.25, 0.3) is 10.9 Å². The van der Waals surface area contributed by atoms with Gasteiger partial charge in [-0.15, -0.1) is 0 Å². The molecule has 8 heteroatoms. The van der Waals surface area contributed by atoms with Gasteiger partial charge in [-0.05, 0) is 48.4 Å². The first-order chi connectivity index (χ1) is 14.0. The van der Waals surface area contributed by atoms with Gasteiger partial charge < -0.3 is 4.74 Å². The quantitative estimate of drug-likeness (QED) is 0.455. The molecule has 148 valence electrons. The summed E-state index contributed by atoms with van der Waals surface area (Å²) in [6, 6.07) is 12.4. The van der Waals surface area contributed by atoms with Gasteiger partial charge in [-0.3, -0.25) is 4.79 Å². The van der Waals surface area contributed by atoms with E-state index in [1.807, 2.05) is 18.2 Å². The van der Waals surface area contributed by atoms with Crippen LogP contribution in [0.2, 0.25) is 5.02 Å². The van der Waals surface area contributed by atoms with Crippen LogP contribution in [0.1, 0.15) is 31.2 Å². The van der Waals surface area contributed by atoms with Gasteiger partial charge in [0.25, 0.3) is 5.56 Å². The van der Waals surface area contributed by atoms with Gasteiger partial charge in [0.2, 0.25) is 0 Å². The smallest absolute Gasteiger partial charge is 0.282 e. The zero-order valence-electron chi connectivity index (χ0n) is 15.7. The first-order valence-electron chi connectivity index (χ1n) is 9.08. The molecule has 0 saturated heterocycles. The van der Waals surface area contributed by atoms with Crippen molar-refractivity contribution >= 4 is 44.6 Å². The fraction of sp³-hybridized carbons (Fsp3) is 0.238. The minimum atomic E-state index is -0.223. The third-order valence-electron chi connectivity index (χ3n) is 4.20. The number of hydrogen-bond acceptors (Lipinski definition) is 5. The standard InChI is InChI=1S/C21H18BrClN4O2/c1-2-3-4-20-26-18-7-6-15(22)12-16(18)21(28)27(20)25-13-14-5-8-19(17(23)11-14)29-10-9-24/h5-8,11-13H,2-4,10H2,1H3. The zero-order chi connectivity index (χ0) is 20.8. The van der Waals surface area contributed by atoms with E-state index in [9.17, 15) is 4.79 Å². The van der Waals surface area contributed by atoms with Gasteiger partial charge in [0, 0.05) is 10.9 Å². The molecule has 0 N–H and O–H groups in total. The SMILES string of the molecule is CCCCc1nc2ccc(Br)cc2c(=O)n1N=Cc1ccc(OCC#N)c(Cl)c1. The number of rotatable bonds is 7. The fourth-order valence-corrected chi connectivity index (χ4v) is 3.36. The van der Waals surface area contributed by atoms with Gasteiger partial charge in [-0.2, -0.15) is 15.0 Å². The van der Waals surface area contributed by atoms with Crippen molar-refractivity contribution < 1.29 is 4.74 Å². The highest BCUT2D eigenvalue weighted by Crippen LogP contribution is 2.25. The molecule has 29 heavy (non-hydrogen) atoms. The van der Waals surface area contributed by atoms with Crippen LogP contribution in [0, 0.1) is 11.3 Å². The Morgan fingerprint density at radius 2 is 2.17 bits per heavy atom.